The highest BCUT2D eigenvalue weighted by molar-refractivity contribution is 7.89. The number of fused-ring (bicyclic) bond motifs is 1. The molecule has 0 radical (unpaired) electrons. The number of carbonyl (C=O) groups is 1. The normalized spacial score (nSPS) is 14.9. The third-order valence-corrected chi connectivity index (χ3v) is 9.19. The second-order valence-electron chi connectivity index (χ2n) is 10.2. The van der Waals surface area contributed by atoms with Crippen LogP contribution in [0.5, 0.6) is 5.75 Å². The average molecular weight is 589 g/mol. The molecule has 3 aromatic rings. The monoisotopic (exact) mass is 588 g/mol. The first kappa shape index (κ1) is 30.7. The van der Waals surface area contributed by atoms with Gasteiger partial charge < -0.3 is 19.2 Å². The van der Waals surface area contributed by atoms with Gasteiger partial charge in [-0.25, -0.2) is 18.9 Å². The summed E-state index contributed by atoms with van der Waals surface area (Å²) in [6.07, 6.45) is 5.17. The number of nitrogens with one attached hydrogen (secondary N) is 2. The second-order valence-corrected chi connectivity index (χ2v) is 12.1. The lowest BCUT2D eigenvalue weighted by Gasteiger charge is -2.34. The Labute approximate surface area is 240 Å². The Hall–Kier alpha value is -3.26. The molecule has 0 aliphatic carbocycles. The molecule has 1 aliphatic heterocycles. The number of amides is 1. The first-order valence-corrected chi connectivity index (χ1v) is 15.7. The summed E-state index contributed by atoms with van der Waals surface area (Å²) in [7, 11) is -3.83. The highest BCUT2D eigenvalue weighted by atomic mass is 32.2. The van der Waals surface area contributed by atoms with Crippen LogP contribution < -0.4 is 15.8 Å². The van der Waals surface area contributed by atoms with E-state index in [1.807, 2.05) is 24.6 Å². The zero-order valence-corrected chi connectivity index (χ0v) is 24.8. The summed E-state index contributed by atoms with van der Waals surface area (Å²) in [5.41, 5.74) is 3.87. The number of rotatable bonds is 13. The molecule has 1 aliphatic rings. The number of sulfonamides is 1. The molecule has 3 N–H and O–H groups in total. The van der Waals surface area contributed by atoms with Gasteiger partial charge in [-0.3, -0.25) is 14.8 Å². The predicted octanol–water partition coefficient (Wildman–Crippen LogP) is 2.74. The Balaban J connectivity index is 1.65. The summed E-state index contributed by atoms with van der Waals surface area (Å²) < 4.78 is 36.7. The molecule has 0 unspecified atom stereocenters. The van der Waals surface area contributed by atoms with E-state index in [-0.39, 0.29) is 22.7 Å². The van der Waals surface area contributed by atoms with E-state index >= 15 is 0 Å². The molecule has 1 aromatic carbocycles. The van der Waals surface area contributed by atoms with E-state index < -0.39 is 15.9 Å². The van der Waals surface area contributed by atoms with Crippen molar-refractivity contribution in [1.82, 2.24) is 29.2 Å². The van der Waals surface area contributed by atoms with Gasteiger partial charge in [-0.15, -0.1) is 0 Å². The topological polar surface area (TPSA) is 150 Å². The maximum absolute atomic E-state index is 13.7. The largest absolute Gasteiger partial charge is 0.493 e. The van der Waals surface area contributed by atoms with Crippen LogP contribution in [0.25, 0.3) is 22.4 Å². The van der Waals surface area contributed by atoms with Crippen molar-refractivity contribution in [1.29, 1.82) is 0 Å². The van der Waals surface area contributed by atoms with E-state index in [0.717, 1.165) is 24.8 Å². The summed E-state index contributed by atoms with van der Waals surface area (Å²) in [6.45, 7) is 9.41. The van der Waals surface area contributed by atoms with Gasteiger partial charge in [0.25, 0.3) is 5.56 Å². The number of hydrogen-bond acceptors (Lipinski definition) is 8. The lowest BCUT2D eigenvalue weighted by molar-refractivity contribution is -0.129. The number of carbonyl (C=O) groups excluding carboxylic acids is 1. The third kappa shape index (κ3) is 6.80. The first-order chi connectivity index (χ1) is 19.7. The van der Waals surface area contributed by atoms with Crippen molar-refractivity contribution in [2.75, 3.05) is 39.3 Å². The first-order valence-electron chi connectivity index (χ1n) is 14.3. The van der Waals surface area contributed by atoms with Gasteiger partial charge in [-0.1, -0.05) is 20.3 Å². The molecule has 4 rings (SSSR count). The number of hydroxylamine groups is 1. The molecule has 41 heavy (non-hydrogen) atoms. The molecule has 1 amide bonds. The molecule has 2 aromatic heterocycles. The summed E-state index contributed by atoms with van der Waals surface area (Å²) in [5, 5.41) is 8.64. The molecule has 0 spiro atoms. The molecule has 1 fully saturated rings. The minimum absolute atomic E-state index is 0.104. The maximum atomic E-state index is 13.7. The summed E-state index contributed by atoms with van der Waals surface area (Å²) >= 11 is 0. The predicted molar refractivity (Wildman–Crippen MR) is 156 cm³/mol. The van der Waals surface area contributed by atoms with Crippen molar-refractivity contribution in [2.24, 2.45) is 0 Å². The van der Waals surface area contributed by atoms with Crippen LogP contribution in [-0.4, -0.2) is 82.6 Å². The van der Waals surface area contributed by atoms with Crippen LogP contribution >= 0.6 is 0 Å². The van der Waals surface area contributed by atoms with E-state index in [1.54, 1.807) is 17.6 Å². The fourth-order valence-corrected chi connectivity index (χ4v) is 6.60. The van der Waals surface area contributed by atoms with Crippen LogP contribution in [0.3, 0.4) is 0 Å². The standard InChI is InChI=1S/C28H40N6O6S/c1-4-8-20-19-33(6-3)26-25(20)29-27(30-28(26)36)22-18-21(10-11-23(22)40-17-5-2)41(38,39)34-15-13-32(14-16-34)12-7-9-24(35)31-37/h10-11,18-19,37H,4-9,12-17H2,1-3H3,(H,31,35)(H,29,30,36). The van der Waals surface area contributed by atoms with Gasteiger partial charge >= 0.3 is 0 Å². The Morgan fingerprint density at radius 3 is 2.56 bits per heavy atom. The van der Waals surface area contributed by atoms with Gasteiger partial charge in [0.1, 0.15) is 17.1 Å². The molecule has 3 heterocycles. The van der Waals surface area contributed by atoms with E-state index in [9.17, 15) is 18.0 Å². The molecule has 0 atom stereocenters. The highest BCUT2D eigenvalue weighted by Crippen LogP contribution is 2.33. The van der Waals surface area contributed by atoms with E-state index in [0.29, 0.717) is 74.6 Å². The Morgan fingerprint density at radius 2 is 1.90 bits per heavy atom. The van der Waals surface area contributed by atoms with Gasteiger partial charge in [0.05, 0.1) is 22.6 Å². The lowest BCUT2D eigenvalue weighted by Crippen LogP contribution is -2.48. The summed E-state index contributed by atoms with van der Waals surface area (Å²) in [4.78, 5) is 34.4. The maximum Gasteiger partial charge on any atom is 0.275 e. The van der Waals surface area contributed by atoms with Crippen molar-refractivity contribution in [3.63, 3.8) is 0 Å². The van der Waals surface area contributed by atoms with Crippen LogP contribution in [0.1, 0.15) is 52.0 Å². The Morgan fingerprint density at radius 1 is 1.15 bits per heavy atom. The molecule has 1 saturated heterocycles. The van der Waals surface area contributed by atoms with E-state index in [2.05, 4.69) is 16.8 Å². The van der Waals surface area contributed by atoms with Gasteiger partial charge in [-0.2, -0.15) is 4.31 Å². The van der Waals surface area contributed by atoms with E-state index in [4.69, 9.17) is 14.9 Å². The Bertz CT molecular complexity index is 1520. The zero-order valence-electron chi connectivity index (χ0n) is 24.0. The molecule has 0 saturated carbocycles. The Kier molecular flexibility index (Phi) is 10.2. The second kappa shape index (κ2) is 13.6. The molecule has 12 nitrogen and oxygen atoms in total. The van der Waals surface area contributed by atoms with Crippen LogP contribution in [0, 0.1) is 0 Å². The highest BCUT2D eigenvalue weighted by Gasteiger charge is 2.30. The SMILES string of the molecule is CCCOc1ccc(S(=O)(=O)N2CCN(CCCC(=O)NO)CC2)cc1-c1nc2c(CCC)cn(CC)c2c(=O)[nH]1. The average Bonchev–Trinajstić information content (AvgIpc) is 3.34. The molecule has 224 valence electrons. The summed E-state index contributed by atoms with van der Waals surface area (Å²) in [6, 6.07) is 4.71. The number of H-pyrrole nitrogens is 1. The minimum Gasteiger partial charge on any atom is -0.493 e. The van der Waals surface area contributed by atoms with Crippen molar-refractivity contribution < 1.29 is 23.2 Å². The number of ether oxygens (including phenoxy) is 1. The number of nitrogens with zero attached hydrogens (tertiary/aromatic N) is 4. The fraction of sp³-hybridized carbons (Fsp3) is 0.536. The zero-order chi connectivity index (χ0) is 29.6. The molecule has 0 bridgehead atoms. The number of hydrogen-bond donors (Lipinski definition) is 3. The quantitative estimate of drug-likeness (QED) is 0.204. The van der Waals surface area contributed by atoms with E-state index in [1.165, 1.54) is 10.4 Å². The van der Waals surface area contributed by atoms with Gasteiger partial charge in [0.15, 0.2) is 0 Å². The number of aromatic nitrogens is 3. The number of benzene rings is 1. The van der Waals surface area contributed by atoms with Crippen molar-refractivity contribution in [3.8, 4) is 17.1 Å². The van der Waals surface area contributed by atoms with Crippen molar-refractivity contribution in [2.45, 2.75) is 64.3 Å². The smallest absolute Gasteiger partial charge is 0.275 e. The molecular weight excluding hydrogens is 548 g/mol. The van der Waals surface area contributed by atoms with Crippen molar-refractivity contribution >= 4 is 27.0 Å². The third-order valence-electron chi connectivity index (χ3n) is 7.30. The van der Waals surface area contributed by atoms with Crippen LogP contribution in [0.2, 0.25) is 0 Å². The van der Waals surface area contributed by atoms with Gasteiger partial charge in [0.2, 0.25) is 15.9 Å². The molecular formula is C28H40N6O6S. The number of piperazine rings is 1. The van der Waals surface area contributed by atoms with Crippen LogP contribution in [0.15, 0.2) is 34.1 Å². The lowest BCUT2D eigenvalue weighted by atomic mass is 10.1. The fourth-order valence-electron chi connectivity index (χ4n) is 5.15. The van der Waals surface area contributed by atoms with Gasteiger partial charge in [0, 0.05) is 45.3 Å². The van der Waals surface area contributed by atoms with Crippen molar-refractivity contribution in [3.05, 3.63) is 40.3 Å². The number of aromatic amines is 1. The van der Waals surface area contributed by atoms with Gasteiger partial charge in [-0.05, 0) is 56.5 Å². The minimum atomic E-state index is -3.83. The molecule has 13 heteroatoms. The van der Waals surface area contributed by atoms with Crippen LogP contribution in [-0.2, 0) is 27.8 Å². The van der Waals surface area contributed by atoms with Crippen LogP contribution in [0.4, 0.5) is 0 Å². The number of aryl methyl sites for hydroxylation is 2. The summed E-state index contributed by atoms with van der Waals surface area (Å²) in [5.74, 6) is 0.290.